The largest absolute Gasteiger partial charge is 0.380 e. The smallest absolute Gasteiger partial charge is 0.139 e. The zero-order valence-corrected chi connectivity index (χ0v) is 9.76. The van der Waals surface area contributed by atoms with Crippen molar-refractivity contribution in [2.45, 2.75) is 6.10 Å². The van der Waals surface area contributed by atoms with Gasteiger partial charge in [0.1, 0.15) is 17.7 Å². The Kier molecular flexibility index (Phi) is 2.41. The molecule has 0 saturated carbocycles. The van der Waals surface area contributed by atoms with Crippen molar-refractivity contribution in [3.63, 3.8) is 0 Å². The van der Waals surface area contributed by atoms with E-state index in [1.807, 2.05) is 7.05 Å². The molecule has 0 spiro atoms. The molecular formula is C13H12FN3O. The summed E-state index contributed by atoms with van der Waals surface area (Å²) in [6.45, 7) is 0. The maximum Gasteiger partial charge on any atom is 0.139 e. The Labute approximate surface area is 103 Å². The van der Waals surface area contributed by atoms with Crippen LogP contribution in [-0.4, -0.2) is 19.6 Å². The van der Waals surface area contributed by atoms with Crippen LogP contribution in [0.4, 0.5) is 4.39 Å². The lowest BCUT2D eigenvalue weighted by Crippen LogP contribution is -2.04. The number of aliphatic hydroxyl groups is 1. The van der Waals surface area contributed by atoms with E-state index in [1.165, 1.54) is 6.07 Å². The number of aliphatic hydroxyl groups excluding tert-OH is 1. The van der Waals surface area contributed by atoms with Gasteiger partial charge in [-0.2, -0.15) is 0 Å². The SMILES string of the molecule is Cn1ccc2c(F)ccc(C(O)c3ncc[nH]3)c21. The molecule has 4 nitrogen and oxygen atoms in total. The molecule has 3 rings (SSSR count). The molecule has 2 N–H and O–H groups in total. The number of nitrogens with one attached hydrogen (secondary N) is 1. The zero-order valence-electron chi connectivity index (χ0n) is 9.76. The van der Waals surface area contributed by atoms with Crippen LogP contribution in [0.3, 0.4) is 0 Å². The highest BCUT2D eigenvalue weighted by molar-refractivity contribution is 5.84. The molecular weight excluding hydrogens is 233 g/mol. The number of hydrogen-bond acceptors (Lipinski definition) is 2. The predicted molar refractivity (Wildman–Crippen MR) is 65.5 cm³/mol. The summed E-state index contributed by atoms with van der Waals surface area (Å²) in [5.41, 5.74) is 1.31. The Morgan fingerprint density at radius 2 is 2.22 bits per heavy atom. The Hall–Kier alpha value is -2.14. The van der Waals surface area contributed by atoms with E-state index in [1.54, 1.807) is 35.3 Å². The molecule has 3 aromatic rings. The summed E-state index contributed by atoms with van der Waals surface area (Å²) >= 11 is 0. The zero-order chi connectivity index (χ0) is 12.7. The molecule has 2 heterocycles. The number of halogens is 1. The number of imidazole rings is 1. The van der Waals surface area contributed by atoms with Gasteiger partial charge < -0.3 is 14.7 Å². The van der Waals surface area contributed by atoms with Gasteiger partial charge in [0, 0.05) is 36.6 Å². The number of aryl methyl sites for hydroxylation is 1. The Morgan fingerprint density at radius 3 is 2.94 bits per heavy atom. The minimum absolute atomic E-state index is 0.291. The topological polar surface area (TPSA) is 53.8 Å². The van der Waals surface area contributed by atoms with Gasteiger partial charge in [0.15, 0.2) is 0 Å². The van der Waals surface area contributed by atoms with Crippen LogP contribution in [0, 0.1) is 5.82 Å². The van der Waals surface area contributed by atoms with Gasteiger partial charge in [-0.3, -0.25) is 0 Å². The van der Waals surface area contributed by atoms with Crippen LogP contribution in [0.15, 0.2) is 36.8 Å². The predicted octanol–water partition coefficient (Wildman–Crippen LogP) is 2.12. The van der Waals surface area contributed by atoms with Crippen LogP contribution in [0.5, 0.6) is 0 Å². The van der Waals surface area contributed by atoms with E-state index in [0.717, 1.165) is 0 Å². The summed E-state index contributed by atoms with van der Waals surface area (Å²) in [6, 6.07) is 4.65. The molecule has 0 amide bonds. The standard InChI is InChI=1S/C13H12FN3O/c1-17-7-4-8-10(14)3-2-9(11(8)17)12(18)13-15-5-6-16-13/h2-7,12,18H,1H3,(H,15,16). The van der Waals surface area contributed by atoms with Crippen LogP contribution >= 0.6 is 0 Å². The number of benzene rings is 1. The summed E-state index contributed by atoms with van der Waals surface area (Å²) in [6.07, 6.45) is 4.09. The number of hydrogen-bond donors (Lipinski definition) is 2. The molecule has 1 unspecified atom stereocenters. The lowest BCUT2D eigenvalue weighted by molar-refractivity contribution is 0.212. The lowest BCUT2D eigenvalue weighted by Gasteiger charge is -2.11. The minimum Gasteiger partial charge on any atom is -0.380 e. The van der Waals surface area contributed by atoms with E-state index < -0.39 is 6.10 Å². The second kappa shape index (κ2) is 3.96. The summed E-state index contributed by atoms with van der Waals surface area (Å²) in [5.74, 6) is 0.158. The van der Waals surface area contributed by atoms with Crippen LogP contribution in [-0.2, 0) is 7.05 Å². The number of aromatic nitrogens is 3. The normalized spacial score (nSPS) is 13.1. The van der Waals surface area contributed by atoms with E-state index in [-0.39, 0.29) is 5.82 Å². The quantitative estimate of drug-likeness (QED) is 0.726. The molecule has 0 aliphatic heterocycles. The van der Waals surface area contributed by atoms with Gasteiger partial charge in [0.25, 0.3) is 0 Å². The van der Waals surface area contributed by atoms with Crippen molar-refractivity contribution < 1.29 is 9.50 Å². The first kappa shape index (κ1) is 11.0. The van der Waals surface area contributed by atoms with Gasteiger partial charge in [-0.1, -0.05) is 6.07 Å². The number of rotatable bonds is 2. The van der Waals surface area contributed by atoms with Gasteiger partial charge in [-0.25, -0.2) is 9.37 Å². The molecule has 2 aromatic heterocycles. The first-order valence-electron chi connectivity index (χ1n) is 5.59. The van der Waals surface area contributed by atoms with Crippen molar-refractivity contribution in [2.75, 3.05) is 0 Å². The molecule has 18 heavy (non-hydrogen) atoms. The molecule has 0 saturated heterocycles. The van der Waals surface area contributed by atoms with Crippen molar-refractivity contribution in [1.82, 2.24) is 14.5 Å². The Morgan fingerprint density at radius 1 is 1.39 bits per heavy atom. The third-order valence-electron chi connectivity index (χ3n) is 3.09. The van der Waals surface area contributed by atoms with Crippen LogP contribution in [0.1, 0.15) is 17.5 Å². The van der Waals surface area contributed by atoms with Crippen molar-refractivity contribution in [3.8, 4) is 0 Å². The van der Waals surface area contributed by atoms with Crippen LogP contribution in [0.25, 0.3) is 10.9 Å². The van der Waals surface area contributed by atoms with Crippen molar-refractivity contribution in [2.24, 2.45) is 7.05 Å². The van der Waals surface area contributed by atoms with E-state index in [4.69, 9.17) is 0 Å². The molecule has 0 aliphatic rings. The van der Waals surface area contributed by atoms with E-state index in [2.05, 4.69) is 9.97 Å². The average Bonchev–Trinajstić information content (AvgIpc) is 3.00. The van der Waals surface area contributed by atoms with Gasteiger partial charge in [-0.15, -0.1) is 0 Å². The maximum atomic E-state index is 13.7. The second-order valence-electron chi connectivity index (χ2n) is 4.20. The number of fused-ring (bicyclic) bond motifs is 1. The Balaban J connectivity index is 2.23. The summed E-state index contributed by atoms with van der Waals surface area (Å²) in [5, 5.41) is 10.8. The van der Waals surface area contributed by atoms with Crippen LogP contribution in [0.2, 0.25) is 0 Å². The fourth-order valence-corrected chi connectivity index (χ4v) is 2.21. The summed E-state index contributed by atoms with van der Waals surface area (Å²) in [7, 11) is 1.82. The van der Waals surface area contributed by atoms with E-state index in [9.17, 15) is 9.50 Å². The Bertz CT molecular complexity index is 688. The van der Waals surface area contributed by atoms with Gasteiger partial charge in [0.05, 0.1) is 5.52 Å². The fourth-order valence-electron chi connectivity index (χ4n) is 2.21. The highest BCUT2D eigenvalue weighted by Crippen LogP contribution is 2.29. The third kappa shape index (κ3) is 1.52. The molecule has 0 radical (unpaired) electrons. The number of nitrogens with zero attached hydrogens (tertiary/aromatic N) is 2. The first-order valence-corrected chi connectivity index (χ1v) is 5.59. The molecule has 1 aromatic carbocycles. The maximum absolute atomic E-state index is 13.7. The molecule has 0 aliphatic carbocycles. The molecule has 5 heteroatoms. The highest BCUT2D eigenvalue weighted by Gasteiger charge is 2.18. The third-order valence-corrected chi connectivity index (χ3v) is 3.09. The number of H-pyrrole nitrogens is 1. The summed E-state index contributed by atoms with van der Waals surface area (Å²) < 4.78 is 15.5. The van der Waals surface area contributed by atoms with E-state index in [0.29, 0.717) is 22.3 Å². The van der Waals surface area contributed by atoms with Gasteiger partial charge in [0.2, 0.25) is 0 Å². The average molecular weight is 245 g/mol. The fraction of sp³-hybridized carbons (Fsp3) is 0.154. The van der Waals surface area contributed by atoms with Crippen molar-refractivity contribution in [3.05, 3.63) is 54.0 Å². The summed E-state index contributed by atoms with van der Waals surface area (Å²) in [4.78, 5) is 6.89. The minimum atomic E-state index is -0.892. The highest BCUT2D eigenvalue weighted by atomic mass is 19.1. The van der Waals surface area contributed by atoms with Crippen LogP contribution < -0.4 is 0 Å². The monoisotopic (exact) mass is 245 g/mol. The molecule has 92 valence electrons. The van der Waals surface area contributed by atoms with E-state index >= 15 is 0 Å². The molecule has 1 atom stereocenters. The van der Waals surface area contributed by atoms with Gasteiger partial charge in [-0.05, 0) is 12.1 Å². The first-order chi connectivity index (χ1) is 8.68. The van der Waals surface area contributed by atoms with Crippen molar-refractivity contribution >= 4 is 10.9 Å². The van der Waals surface area contributed by atoms with Gasteiger partial charge >= 0.3 is 0 Å². The molecule has 0 fully saturated rings. The lowest BCUT2D eigenvalue weighted by atomic mass is 10.1. The van der Waals surface area contributed by atoms with Crippen molar-refractivity contribution in [1.29, 1.82) is 0 Å². The molecule has 0 bridgehead atoms. The second-order valence-corrected chi connectivity index (χ2v) is 4.20. The number of aromatic amines is 1.